The Kier molecular flexibility index (Phi) is 5.66. The lowest BCUT2D eigenvalue weighted by Gasteiger charge is -2.26. The number of morpholine rings is 1. The third kappa shape index (κ3) is 4.46. The number of benzene rings is 1. The van der Waals surface area contributed by atoms with Crippen molar-refractivity contribution in [2.45, 2.75) is 19.9 Å². The first-order valence-electron chi connectivity index (χ1n) is 8.39. The van der Waals surface area contributed by atoms with Gasteiger partial charge in [0.2, 0.25) is 0 Å². The van der Waals surface area contributed by atoms with Gasteiger partial charge in [-0.05, 0) is 32.0 Å². The van der Waals surface area contributed by atoms with Gasteiger partial charge in [-0.15, -0.1) is 0 Å². The standard InChI is InChI=1S/C17H24N4O3/c1-13-3-4-16-14(11-13)15(20-24-16)12-19-17(22)18-5-2-6-21-7-9-23-10-8-21/h3-4,11H,2,5-10,12H2,1H3,(H2,18,19,22). The van der Waals surface area contributed by atoms with E-state index < -0.39 is 0 Å². The van der Waals surface area contributed by atoms with Gasteiger partial charge in [-0.3, -0.25) is 4.90 Å². The van der Waals surface area contributed by atoms with Crippen molar-refractivity contribution in [3.05, 3.63) is 29.5 Å². The highest BCUT2D eigenvalue weighted by Gasteiger charge is 2.11. The number of hydrogen-bond donors (Lipinski definition) is 2. The molecule has 130 valence electrons. The van der Waals surface area contributed by atoms with Crippen LogP contribution in [-0.2, 0) is 11.3 Å². The molecule has 0 aliphatic carbocycles. The highest BCUT2D eigenvalue weighted by Crippen LogP contribution is 2.19. The number of urea groups is 1. The molecule has 0 bridgehead atoms. The summed E-state index contributed by atoms with van der Waals surface area (Å²) in [5.74, 6) is 0. The van der Waals surface area contributed by atoms with Crippen LogP contribution in [0.1, 0.15) is 17.7 Å². The average molecular weight is 332 g/mol. The van der Waals surface area contributed by atoms with Crippen molar-refractivity contribution < 1.29 is 14.1 Å². The zero-order valence-electron chi connectivity index (χ0n) is 14.0. The lowest BCUT2D eigenvalue weighted by atomic mass is 10.1. The second-order valence-electron chi connectivity index (χ2n) is 6.05. The summed E-state index contributed by atoms with van der Waals surface area (Å²) in [6, 6.07) is 5.71. The summed E-state index contributed by atoms with van der Waals surface area (Å²) in [6.07, 6.45) is 0.930. The predicted octanol–water partition coefficient (Wildman–Crippen LogP) is 1.66. The number of fused-ring (bicyclic) bond motifs is 1. The number of nitrogens with zero attached hydrogens (tertiary/aromatic N) is 2. The highest BCUT2D eigenvalue weighted by molar-refractivity contribution is 5.81. The molecule has 7 nitrogen and oxygen atoms in total. The fourth-order valence-corrected chi connectivity index (χ4v) is 2.79. The summed E-state index contributed by atoms with van der Waals surface area (Å²) < 4.78 is 10.6. The molecule has 1 aromatic heterocycles. The maximum Gasteiger partial charge on any atom is 0.315 e. The van der Waals surface area contributed by atoms with E-state index in [0.717, 1.165) is 61.5 Å². The molecule has 2 heterocycles. The monoisotopic (exact) mass is 332 g/mol. The Morgan fingerprint density at radius 1 is 1.29 bits per heavy atom. The Labute approximate surface area is 141 Å². The van der Waals surface area contributed by atoms with Gasteiger partial charge in [-0.25, -0.2) is 4.79 Å². The molecular formula is C17H24N4O3. The Hall–Kier alpha value is -2.12. The lowest BCUT2D eigenvalue weighted by molar-refractivity contribution is 0.0375. The third-order valence-electron chi connectivity index (χ3n) is 4.16. The number of amides is 2. The number of nitrogens with one attached hydrogen (secondary N) is 2. The summed E-state index contributed by atoms with van der Waals surface area (Å²) in [6.45, 7) is 7.57. The van der Waals surface area contributed by atoms with E-state index in [9.17, 15) is 4.79 Å². The van der Waals surface area contributed by atoms with E-state index in [2.05, 4.69) is 20.7 Å². The van der Waals surface area contributed by atoms with Crippen molar-refractivity contribution in [3.8, 4) is 0 Å². The fraction of sp³-hybridized carbons (Fsp3) is 0.529. The number of aryl methyl sites for hydroxylation is 1. The molecular weight excluding hydrogens is 308 g/mol. The third-order valence-corrected chi connectivity index (χ3v) is 4.16. The van der Waals surface area contributed by atoms with E-state index in [1.54, 1.807) is 0 Å². The molecule has 7 heteroatoms. The highest BCUT2D eigenvalue weighted by atomic mass is 16.5. The topological polar surface area (TPSA) is 79.6 Å². The van der Waals surface area contributed by atoms with Crippen molar-refractivity contribution in [1.82, 2.24) is 20.7 Å². The van der Waals surface area contributed by atoms with Gasteiger partial charge >= 0.3 is 6.03 Å². The van der Waals surface area contributed by atoms with Gasteiger partial charge in [-0.1, -0.05) is 16.8 Å². The second-order valence-corrected chi connectivity index (χ2v) is 6.05. The van der Waals surface area contributed by atoms with Crippen molar-refractivity contribution in [2.75, 3.05) is 39.4 Å². The van der Waals surface area contributed by atoms with Crippen LogP contribution in [-0.4, -0.2) is 55.5 Å². The van der Waals surface area contributed by atoms with Gasteiger partial charge in [0.1, 0.15) is 5.69 Å². The van der Waals surface area contributed by atoms with Crippen molar-refractivity contribution in [1.29, 1.82) is 0 Å². The zero-order chi connectivity index (χ0) is 16.8. The van der Waals surface area contributed by atoms with Crippen LogP contribution in [0.4, 0.5) is 4.79 Å². The van der Waals surface area contributed by atoms with Crippen LogP contribution >= 0.6 is 0 Å². The maximum absolute atomic E-state index is 11.9. The molecule has 0 atom stereocenters. The zero-order valence-corrected chi connectivity index (χ0v) is 14.0. The molecule has 1 saturated heterocycles. The average Bonchev–Trinajstić information content (AvgIpc) is 3.00. The summed E-state index contributed by atoms with van der Waals surface area (Å²) >= 11 is 0. The van der Waals surface area contributed by atoms with Gasteiger partial charge in [0.15, 0.2) is 5.58 Å². The minimum absolute atomic E-state index is 0.180. The normalized spacial score (nSPS) is 15.5. The first-order chi connectivity index (χ1) is 11.7. The van der Waals surface area contributed by atoms with E-state index in [1.807, 2.05) is 25.1 Å². The second kappa shape index (κ2) is 8.12. The summed E-state index contributed by atoms with van der Waals surface area (Å²) in [4.78, 5) is 14.2. The number of carbonyl (C=O) groups is 1. The number of hydrogen-bond acceptors (Lipinski definition) is 5. The van der Waals surface area contributed by atoms with E-state index in [1.165, 1.54) is 0 Å². The Morgan fingerprint density at radius 3 is 2.96 bits per heavy atom. The Balaban J connectivity index is 1.38. The van der Waals surface area contributed by atoms with Gasteiger partial charge in [0, 0.05) is 25.0 Å². The molecule has 2 amide bonds. The molecule has 1 aromatic carbocycles. The van der Waals surface area contributed by atoms with Gasteiger partial charge in [0.25, 0.3) is 0 Å². The molecule has 0 saturated carbocycles. The molecule has 1 fully saturated rings. The van der Waals surface area contributed by atoms with Crippen molar-refractivity contribution in [2.24, 2.45) is 0 Å². The van der Waals surface area contributed by atoms with Gasteiger partial charge < -0.3 is 19.9 Å². The molecule has 0 spiro atoms. The van der Waals surface area contributed by atoms with Crippen LogP contribution in [0.15, 0.2) is 22.7 Å². The Morgan fingerprint density at radius 2 is 2.12 bits per heavy atom. The van der Waals surface area contributed by atoms with Crippen LogP contribution in [0, 0.1) is 6.92 Å². The SMILES string of the molecule is Cc1ccc2onc(CNC(=O)NCCCN3CCOCC3)c2c1. The summed E-state index contributed by atoms with van der Waals surface area (Å²) in [5, 5.41) is 10.7. The van der Waals surface area contributed by atoms with E-state index in [0.29, 0.717) is 13.1 Å². The smallest absolute Gasteiger partial charge is 0.315 e. The minimum Gasteiger partial charge on any atom is -0.379 e. The van der Waals surface area contributed by atoms with Crippen LogP contribution < -0.4 is 10.6 Å². The molecule has 0 unspecified atom stereocenters. The first kappa shape index (κ1) is 16.7. The molecule has 3 rings (SSSR count). The fourth-order valence-electron chi connectivity index (χ4n) is 2.79. The minimum atomic E-state index is -0.180. The van der Waals surface area contributed by atoms with E-state index in [4.69, 9.17) is 9.26 Å². The molecule has 2 N–H and O–H groups in total. The number of ether oxygens (including phenoxy) is 1. The van der Waals surface area contributed by atoms with E-state index >= 15 is 0 Å². The lowest BCUT2D eigenvalue weighted by Crippen LogP contribution is -2.39. The Bertz CT molecular complexity index is 680. The predicted molar refractivity (Wildman–Crippen MR) is 90.9 cm³/mol. The maximum atomic E-state index is 11.9. The number of carbonyl (C=O) groups excluding carboxylic acids is 1. The van der Waals surface area contributed by atoms with Gasteiger partial charge in [0.05, 0.1) is 19.8 Å². The summed E-state index contributed by atoms with van der Waals surface area (Å²) in [7, 11) is 0. The van der Waals surface area contributed by atoms with Crippen LogP contribution in [0.25, 0.3) is 11.0 Å². The quantitative estimate of drug-likeness (QED) is 0.787. The van der Waals surface area contributed by atoms with Crippen LogP contribution in [0.5, 0.6) is 0 Å². The molecule has 2 aromatic rings. The van der Waals surface area contributed by atoms with Crippen LogP contribution in [0.3, 0.4) is 0 Å². The first-order valence-corrected chi connectivity index (χ1v) is 8.39. The number of aromatic nitrogens is 1. The molecule has 24 heavy (non-hydrogen) atoms. The van der Waals surface area contributed by atoms with Crippen LogP contribution in [0.2, 0.25) is 0 Å². The van der Waals surface area contributed by atoms with Gasteiger partial charge in [-0.2, -0.15) is 0 Å². The van der Waals surface area contributed by atoms with Crippen molar-refractivity contribution in [3.63, 3.8) is 0 Å². The molecule has 1 aliphatic rings. The molecule has 1 aliphatic heterocycles. The van der Waals surface area contributed by atoms with E-state index in [-0.39, 0.29) is 6.03 Å². The number of rotatable bonds is 6. The van der Waals surface area contributed by atoms with Crippen molar-refractivity contribution >= 4 is 17.0 Å². The molecule has 0 radical (unpaired) electrons. The summed E-state index contributed by atoms with van der Waals surface area (Å²) in [5.41, 5.74) is 2.63. The largest absolute Gasteiger partial charge is 0.379 e.